The van der Waals surface area contributed by atoms with Gasteiger partial charge in [-0.2, -0.15) is 0 Å². The molecule has 0 aliphatic carbocycles. The van der Waals surface area contributed by atoms with Crippen LogP contribution in [-0.2, 0) is 0 Å². The minimum atomic E-state index is -1.83. The lowest BCUT2D eigenvalue weighted by atomic mass is 10.1. The Hall–Kier alpha value is -0.770. The highest BCUT2D eigenvalue weighted by atomic mass is 16.6. The Morgan fingerprint density at radius 3 is 1.60 bits per heavy atom. The van der Waals surface area contributed by atoms with E-state index < -0.39 is 6.16 Å². The van der Waals surface area contributed by atoms with E-state index in [0.717, 1.165) is 6.42 Å². The Balaban J connectivity index is 0. The number of rotatable bonds is 1. The first-order valence-electron chi connectivity index (χ1n) is 3.00. The molecular formula is C6H15NO3. The van der Waals surface area contributed by atoms with Gasteiger partial charge in [-0.3, -0.25) is 0 Å². The molecule has 0 aliphatic heterocycles. The Labute approximate surface area is 60.7 Å². The zero-order valence-corrected chi connectivity index (χ0v) is 6.59. The molecule has 0 atom stereocenters. The average molecular weight is 149 g/mol. The van der Waals surface area contributed by atoms with Crippen molar-refractivity contribution >= 4 is 6.16 Å². The molecule has 0 unspecified atom stereocenters. The molecule has 0 saturated carbocycles. The second-order valence-electron chi connectivity index (χ2n) is 2.62. The molecule has 4 heteroatoms. The van der Waals surface area contributed by atoms with Gasteiger partial charge in [-0.25, -0.2) is 4.79 Å². The Morgan fingerprint density at radius 1 is 1.50 bits per heavy atom. The van der Waals surface area contributed by atoms with Crippen LogP contribution in [0.2, 0.25) is 0 Å². The summed E-state index contributed by atoms with van der Waals surface area (Å²) in [5.41, 5.74) is 5.58. The number of carboxylic acid groups (broad SMARTS) is 2. The molecule has 0 saturated heterocycles. The molecule has 0 heterocycles. The van der Waals surface area contributed by atoms with E-state index in [9.17, 15) is 0 Å². The first-order valence-corrected chi connectivity index (χ1v) is 3.00. The molecule has 0 radical (unpaired) electrons. The third-order valence-electron chi connectivity index (χ3n) is 0.911. The van der Waals surface area contributed by atoms with Gasteiger partial charge in [0.25, 0.3) is 0 Å². The second-order valence-corrected chi connectivity index (χ2v) is 2.62. The van der Waals surface area contributed by atoms with E-state index in [2.05, 4.69) is 6.92 Å². The second kappa shape index (κ2) is 5.05. The Kier molecular flexibility index (Phi) is 6.04. The number of nitrogens with two attached hydrogens (primary N) is 1. The first kappa shape index (κ1) is 12.0. The van der Waals surface area contributed by atoms with Crippen molar-refractivity contribution in [2.24, 2.45) is 5.73 Å². The summed E-state index contributed by atoms with van der Waals surface area (Å²) in [6.45, 7) is 6.12. The van der Waals surface area contributed by atoms with Gasteiger partial charge in [-0.05, 0) is 20.3 Å². The third kappa shape index (κ3) is 56.4. The quantitative estimate of drug-likeness (QED) is 0.525. The Morgan fingerprint density at radius 2 is 1.60 bits per heavy atom. The normalized spacial score (nSPS) is 9.60. The molecular weight excluding hydrogens is 134 g/mol. The van der Waals surface area contributed by atoms with Gasteiger partial charge in [0.1, 0.15) is 0 Å². The minimum Gasteiger partial charge on any atom is -0.450 e. The van der Waals surface area contributed by atoms with E-state index in [4.69, 9.17) is 20.7 Å². The van der Waals surface area contributed by atoms with Gasteiger partial charge in [-0.1, -0.05) is 6.92 Å². The van der Waals surface area contributed by atoms with Gasteiger partial charge in [-0.15, -0.1) is 0 Å². The zero-order chi connectivity index (χ0) is 8.78. The largest absolute Gasteiger partial charge is 0.503 e. The summed E-state index contributed by atoms with van der Waals surface area (Å²) >= 11 is 0. The van der Waals surface area contributed by atoms with Gasteiger partial charge in [0.15, 0.2) is 0 Å². The van der Waals surface area contributed by atoms with Crippen molar-refractivity contribution in [1.82, 2.24) is 0 Å². The van der Waals surface area contributed by atoms with Crippen LogP contribution in [0.5, 0.6) is 0 Å². The molecule has 4 N–H and O–H groups in total. The molecule has 0 bridgehead atoms. The van der Waals surface area contributed by atoms with E-state index in [1.807, 2.05) is 13.8 Å². The van der Waals surface area contributed by atoms with Crippen molar-refractivity contribution in [3.8, 4) is 0 Å². The van der Waals surface area contributed by atoms with Crippen LogP contribution in [-0.4, -0.2) is 21.9 Å². The fourth-order valence-electron chi connectivity index (χ4n) is 0. The molecule has 0 aromatic rings. The topological polar surface area (TPSA) is 83.6 Å². The molecule has 0 aromatic heterocycles. The van der Waals surface area contributed by atoms with E-state index in [-0.39, 0.29) is 5.54 Å². The number of hydrogen-bond donors (Lipinski definition) is 3. The van der Waals surface area contributed by atoms with Crippen molar-refractivity contribution in [2.45, 2.75) is 32.7 Å². The van der Waals surface area contributed by atoms with Crippen LogP contribution in [0.3, 0.4) is 0 Å². The molecule has 0 spiro atoms. The zero-order valence-electron chi connectivity index (χ0n) is 6.59. The maximum atomic E-state index is 8.56. The fraction of sp³-hybridized carbons (Fsp3) is 0.833. The average Bonchev–Trinajstić information content (AvgIpc) is 1.63. The molecule has 4 nitrogen and oxygen atoms in total. The van der Waals surface area contributed by atoms with Crippen molar-refractivity contribution < 1.29 is 15.0 Å². The minimum absolute atomic E-state index is 0.0417. The van der Waals surface area contributed by atoms with Gasteiger partial charge in [0, 0.05) is 5.54 Å². The SMILES string of the molecule is CCC(C)(C)N.O=C(O)O. The lowest BCUT2D eigenvalue weighted by molar-refractivity contribution is 0.137. The van der Waals surface area contributed by atoms with Gasteiger partial charge in [0.05, 0.1) is 0 Å². The summed E-state index contributed by atoms with van der Waals surface area (Å²) in [7, 11) is 0. The molecule has 62 valence electrons. The van der Waals surface area contributed by atoms with Crippen LogP contribution in [0.1, 0.15) is 27.2 Å². The number of hydrogen-bond acceptors (Lipinski definition) is 2. The summed E-state index contributed by atoms with van der Waals surface area (Å²) in [5, 5.41) is 13.9. The van der Waals surface area contributed by atoms with Gasteiger partial charge < -0.3 is 15.9 Å². The highest BCUT2D eigenvalue weighted by Crippen LogP contribution is 1.99. The van der Waals surface area contributed by atoms with Crippen LogP contribution in [0.25, 0.3) is 0 Å². The first-order chi connectivity index (χ1) is 4.29. The van der Waals surface area contributed by atoms with E-state index in [1.54, 1.807) is 0 Å². The van der Waals surface area contributed by atoms with Crippen LogP contribution < -0.4 is 5.73 Å². The molecule has 0 fully saturated rings. The van der Waals surface area contributed by atoms with Crippen molar-refractivity contribution in [3.05, 3.63) is 0 Å². The van der Waals surface area contributed by atoms with Crippen LogP contribution >= 0.6 is 0 Å². The van der Waals surface area contributed by atoms with Crippen LogP contribution in [0.4, 0.5) is 4.79 Å². The fourth-order valence-corrected chi connectivity index (χ4v) is 0. The van der Waals surface area contributed by atoms with Crippen molar-refractivity contribution in [1.29, 1.82) is 0 Å². The van der Waals surface area contributed by atoms with E-state index in [1.165, 1.54) is 0 Å². The summed E-state index contributed by atoms with van der Waals surface area (Å²) in [4.78, 5) is 8.56. The summed E-state index contributed by atoms with van der Waals surface area (Å²) < 4.78 is 0. The van der Waals surface area contributed by atoms with E-state index in [0.29, 0.717) is 0 Å². The highest BCUT2D eigenvalue weighted by molar-refractivity contribution is 5.53. The van der Waals surface area contributed by atoms with Gasteiger partial charge >= 0.3 is 6.16 Å². The lowest BCUT2D eigenvalue weighted by Crippen LogP contribution is -2.30. The monoisotopic (exact) mass is 149 g/mol. The highest BCUT2D eigenvalue weighted by Gasteiger charge is 2.03. The lowest BCUT2D eigenvalue weighted by Gasteiger charge is -2.13. The number of carbonyl (C=O) groups is 1. The molecule has 0 aromatic carbocycles. The molecule has 10 heavy (non-hydrogen) atoms. The van der Waals surface area contributed by atoms with Crippen LogP contribution in [0, 0.1) is 0 Å². The van der Waals surface area contributed by atoms with Gasteiger partial charge in [0.2, 0.25) is 0 Å². The van der Waals surface area contributed by atoms with Crippen molar-refractivity contribution in [2.75, 3.05) is 0 Å². The molecule has 0 aliphatic rings. The third-order valence-corrected chi connectivity index (χ3v) is 0.911. The molecule has 0 amide bonds. The maximum absolute atomic E-state index is 8.56. The smallest absolute Gasteiger partial charge is 0.450 e. The summed E-state index contributed by atoms with van der Waals surface area (Å²) in [6.07, 6.45) is -0.785. The van der Waals surface area contributed by atoms with E-state index >= 15 is 0 Å². The standard InChI is InChI=1S/C5H13N.CH2O3/c1-4-5(2,3)6;2-1(3)4/h4,6H2,1-3H3;(H2,2,3,4). The maximum Gasteiger partial charge on any atom is 0.503 e. The van der Waals surface area contributed by atoms with Crippen LogP contribution in [0.15, 0.2) is 0 Å². The predicted molar refractivity (Wildman–Crippen MR) is 39.2 cm³/mol. The predicted octanol–water partition coefficient (Wildman–Crippen LogP) is 1.36. The summed E-state index contributed by atoms with van der Waals surface area (Å²) in [5.74, 6) is 0. The molecule has 0 rings (SSSR count). The Bertz CT molecular complexity index is 91.7. The summed E-state index contributed by atoms with van der Waals surface area (Å²) in [6, 6.07) is 0. The van der Waals surface area contributed by atoms with Crippen molar-refractivity contribution in [3.63, 3.8) is 0 Å².